The Morgan fingerprint density at radius 2 is 1.87 bits per heavy atom. The lowest BCUT2D eigenvalue weighted by molar-refractivity contribution is 0.0911. The van der Waals surface area contributed by atoms with Crippen LogP contribution in [0.5, 0.6) is 11.5 Å². The Morgan fingerprint density at radius 3 is 2.33 bits per heavy atom. The molecule has 1 aliphatic rings. The predicted octanol–water partition coefficient (Wildman–Crippen LogP) is 1.38. The van der Waals surface area contributed by atoms with Gasteiger partial charge in [-0.1, -0.05) is 6.07 Å². The molecule has 2 rings (SSSR count). The highest BCUT2D eigenvalue weighted by molar-refractivity contribution is 5.99. The molecule has 0 heterocycles. The third-order valence-electron chi connectivity index (χ3n) is 2.69. The van der Waals surface area contributed by atoms with Crippen molar-refractivity contribution in [3.8, 4) is 11.5 Å². The fourth-order valence-corrected chi connectivity index (χ4v) is 1.57. The lowest BCUT2D eigenvalue weighted by atomic mass is 9.93. The summed E-state index contributed by atoms with van der Waals surface area (Å²) in [6, 6.07) is 4.45. The molecule has 4 heteroatoms. The van der Waals surface area contributed by atoms with Crippen LogP contribution in [0, 0.1) is 0 Å². The second-order valence-electron chi connectivity index (χ2n) is 3.77. The van der Waals surface area contributed by atoms with Crippen molar-refractivity contribution in [3.05, 3.63) is 23.8 Å². The van der Waals surface area contributed by atoms with E-state index in [1.54, 1.807) is 0 Å². The van der Waals surface area contributed by atoms with E-state index in [1.165, 1.54) is 18.2 Å². The lowest BCUT2D eigenvalue weighted by Gasteiger charge is -2.26. The first kappa shape index (κ1) is 9.83. The highest BCUT2D eigenvalue weighted by Gasteiger charge is 2.23. The van der Waals surface area contributed by atoms with Gasteiger partial charge in [0.25, 0.3) is 5.91 Å². The first-order chi connectivity index (χ1) is 7.18. The van der Waals surface area contributed by atoms with Gasteiger partial charge in [-0.25, -0.2) is 0 Å². The van der Waals surface area contributed by atoms with Crippen LogP contribution in [0.15, 0.2) is 18.2 Å². The van der Waals surface area contributed by atoms with Crippen LogP contribution in [0.2, 0.25) is 0 Å². The van der Waals surface area contributed by atoms with E-state index < -0.39 is 5.91 Å². The number of hydrogen-bond donors (Lipinski definition) is 3. The molecule has 1 aliphatic carbocycles. The molecule has 0 spiro atoms. The summed E-state index contributed by atoms with van der Waals surface area (Å²) in [7, 11) is 0. The van der Waals surface area contributed by atoms with E-state index >= 15 is 0 Å². The minimum absolute atomic E-state index is 0.0376. The molecule has 0 saturated heterocycles. The van der Waals surface area contributed by atoms with Gasteiger partial charge in [-0.3, -0.25) is 4.79 Å². The van der Waals surface area contributed by atoms with Crippen LogP contribution in [-0.2, 0) is 0 Å². The van der Waals surface area contributed by atoms with Gasteiger partial charge in [-0.05, 0) is 31.4 Å². The molecule has 1 aromatic carbocycles. The number of phenolic OH excluding ortho intramolecular Hbond substituents is 2. The van der Waals surface area contributed by atoms with Gasteiger partial charge >= 0.3 is 0 Å². The molecule has 1 amide bonds. The number of rotatable bonds is 2. The van der Waals surface area contributed by atoms with E-state index in [2.05, 4.69) is 5.32 Å². The molecule has 1 saturated carbocycles. The number of phenols is 2. The average Bonchev–Trinajstić information content (AvgIpc) is 2.11. The predicted molar refractivity (Wildman–Crippen MR) is 54.9 cm³/mol. The fraction of sp³-hybridized carbons (Fsp3) is 0.364. The maximum Gasteiger partial charge on any atom is 0.259 e. The molecule has 0 unspecified atom stereocenters. The number of carbonyl (C=O) groups is 1. The molecule has 1 fully saturated rings. The van der Waals surface area contributed by atoms with Crippen molar-refractivity contribution in [1.82, 2.24) is 5.32 Å². The van der Waals surface area contributed by atoms with Crippen molar-refractivity contribution in [1.29, 1.82) is 0 Å². The molecule has 0 radical (unpaired) electrons. The van der Waals surface area contributed by atoms with Crippen LogP contribution in [0.1, 0.15) is 29.6 Å². The summed E-state index contributed by atoms with van der Waals surface area (Å²) in [4.78, 5) is 11.7. The van der Waals surface area contributed by atoms with E-state index in [9.17, 15) is 15.0 Å². The summed E-state index contributed by atoms with van der Waals surface area (Å²) >= 11 is 0. The monoisotopic (exact) mass is 207 g/mol. The minimum Gasteiger partial charge on any atom is -0.507 e. The normalized spacial score (nSPS) is 15.7. The molecule has 0 bridgehead atoms. The topological polar surface area (TPSA) is 69.6 Å². The summed E-state index contributed by atoms with van der Waals surface area (Å²) in [6.45, 7) is 0. The largest absolute Gasteiger partial charge is 0.507 e. The first-order valence-corrected chi connectivity index (χ1v) is 5.00. The smallest absolute Gasteiger partial charge is 0.259 e. The third kappa shape index (κ3) is 1.88. The summed E-state index contributed by atoms with van der Waals surface area (Å²) in [5, 5.41) is 21.6. The van der Waals surface area contributed by atoms with Gasteiger partial charge in [0.1, 0.15) is 17.1 Å². The molecule has 4 nitrogen and oxygen atoms in total. The molecule has 3 N–H and O–H groups in total. The van der Waals surface area contributed by atoms with E-state index in [4.69, 9.17) is 0 Å². The van der Waals surface area contributed by atoms with Gasteiger partial charge in [0.2, 0.25) is 0 Å². The highest BCUT2D eigenvalue weighted by Crippen LogP contribution is 2.27. The van der Waals surface area contributed by atoms with Gasteiger partial charge in [-0.15, -0.1) is 0 Å². The lowest BCUT2D eigenvalue weighted by Crippen LogP contribution is -2.39. The highest BCUT2D eigenvalue weighted by atomic mass is 16.3. The third-order valence-corrected chi connectivity index (χ3v) is 2.69. The number of amides is 1. The quantitative estimate of drug-likeness (QED) is 0.686. The van der Waals surface area contributed by atoms with Crippen LogP contribution in [0.25, 0.3) is 0 Å². The van der Waals surface area contributed by atoms with Crippen LogP contribution in [0.4, 0.5) is 0 Å². The summed E-state index contributed by atoms with van der Waals surface area (Å²) in [6.07, 6.45) is 3.07. The summed E-state index contributed by atoms with van der Waals surface area (Å²) < 4.78 is 0. The second-order valence-corrected chi connectivity index (χ2v) is 3.77. The van der Waals surface area contributed by atoms with Crippen LogP contribution in [0.3, 0.4) is 0 Å². The van der Waals surface area contributed by atoms with Crippen molar-refractivity contribution in [2.75, 3.05) is 0 Å². The summed E-state index contributed by atoms with van der Waals surface area (Å²) in [5.41, 5.74) is -0.0376. The molecular formula is C11H13NO3. The number of aromatic hydroxyl groups is 2. The van der Waals surface area contributed by atoms with Gasteiger partial charge in [0.15, 0.2) is 0 Å². The molecule has 0 aliphatic heterocycles. The van der Waals surface area contributed by atoms with Gasteiger partial charge < -0.3 is 15.5 Å². The number of hydrogen-bond acceptors (Lipinski definition) is 3. The average molecular weight is 207 g/mol. The Labute approximate surface area is 87.6 Å². The first-order valence-electron chi connectivity index (χ1n) is 5.00. The van der Waals surface area contributed by atoms with E-state index in [0.29, 0.717) is 0 Å². The standard InChI is InChI=1S/C11H13NO3/c13-8-5-2-6-9(14)10(8)11(15)12-7-3-1-4-7/h2,5-7,13-14H,1,3-4H2,(H,12,15). The van der Waals surface area contributed by atoms with Crippen molar-refractivity contribution < 1.29 is 15.0 Å². The zero-order valence-corrected chi connectivity index (χ0v) is 8.23. The Kier molecular flexibility index (Phi) is 2.49. The Bertz CT molecular complexity index is 365. The van der Waals surface area contributed by atoms with Crippen molar-refractivity contribution in [2.24, 2.45) is 0 Å². The molecule has 0 aromatic heterocycles. The number of carbonyl (C=O) groups excluding carboxylic acids is 1. The SMILES string of the molecule is O=C(NC1CCC1)c1c(O)cccc1O. The number of benzene rings is 1. The van der Waals surface area contributed by atoms with Crippen LogP contribution < -0.4 is 5.32 Å². The zero-order chi connectivity index (χ0) is 10.8. The fourth-order valence-electron chi connectivity index (χ4n) is 1.57. The van der Waals surface area contributed by atoms with E-state index in [0.717, 1.165) is 19.3 Å². The zero-order valence-electron chi connectivity index (χ0n) is 8.23. The van der Waals surface area contributed by atoms with E-state index in [-0.39, 0.29) is 23.1 Å². The van der Waals surface area contributed by atoms with Gasteiger partial charge in [0.05, 0.1) is 0 Å². The molecular weight excluding hydrogens is 194 g/mol. The molecule has 0 atom stereocenters. The van der Waals surface area contributed by atoms with Crippen molar-refractivity contribution >= 4 is 5.91 Å². The Hall–Kier alpha value is -1.71. The van der Waals surface area contributed by atoms with Crippen molar-refractivity contribution in [2.45, 2.75) is 25.3 Å². The molecule has 1 aromatic rings. The maximum absolute atomic E-state index is 11.7. The maximum atomic E-state index is 11.7. The molecule has 15 heavy (non-hydrogen) atoms. The van der Waals surface area contributed by atoms with Crippen LogP contribution in [-0.4, -0.2) is 22.2 Å². The second kappa shape index (κ2) is 3.81. The van der Waals surface area contributed by atoms with Crippen molar-refractivity contribution in [3.63, 3.8) is 0 Å². The number of nitrogens with one attached hydrogen (secondary N) is 1. The van der Waals surface area contributed by atoms with Gasteiger partial charge in [-0.2, -0.15) is 0 Å². The minimum atomic E-state index is -0.407. The Morgan fingerprint density at radius 1 is 1.27 bits per heavy atom. The molecule has 80 valence electrons. The van der Waals surface area contributed by atoms with Gasteiger partial charge in [0, 0.05) is 6.04 Å². The summed E-state index contributed by atoms with van der Waals surface area (Å²) in [5.74, 6) is -0.783. The Balaban J connectivity index is 2.16. The van der Waals surface area contributed by atoms with E-state index in [1.807, 2.05) is 0 Å². The van der Waals surface area contributed by atoms with Crippen LogP contribution >= 0.6 is 0 Å².